The number of ether oxygens (including phenoxy) is 1. The van der Waals surface area contributed by atoms with Crippen LogP contribution in [0.3, 0.4) is 0 Å². The highest BCUT2D eigenvalue weighted by Crippen LogP contribution is 2.38. The zero-order chi connectivity index (χ0) is 20.6. The summed E-state index contributed by atoms with van der Waals surface area (Å²) in [5, 5.41) is 9.56. The first-order chi connectivity index (χ1) is 13.9. The van der Waals surface area contributed by atoms with Crippen molar-refractivity contribution >= 4 is 17.8 Å². The first-order valence-corrected chi connectivity index (χ1v) is 9.20. The van der Waals surface area contributed by atoms with Crippen LogP contribution in [-0.4, -0.2) is 64.2 Å². The standard InChI is InChI=1S/C20H19FN2O6/c21-14-5-3-13(4-6-14)17(24)22-9-7-20(8-10-22)23(15(12-29-20)19(26)27)18(25)16-2-1-11-28-16/h1-6,11,15H,7-10,12H2,(H,26,27)/t15-/m0/s1. The van der Waals surface area contributed by atoms with Gasteiger partial charge in [0, 0.05) is 31.5 Å². The van der Waals surface area contributed by atoms with Crippen LogP contribution in [0.1, 0.15) is 33.8 Å². The second kappa shape index (κ2) is 7.32. The van der Waals surface area contributed by atoms with Gasteiger partial charge in [0.25, 0.3) is 11.8 Å². The molecule has 29 heavy (non-hydrogen) atoms. The van der Waals surface area contributed by atoms with Crippen molar-refractivity contribution in [3.05, 3.63) is 59.8 Å². The first kappa shape index (κ1) is 19.1. The van der Waals surface area contributed by atoms with Gasteiger partial charge in [0.05, 0.1) is 12.9 Å². The summed E-state index contributed by atoms with van der Waals surface area (Å²) in [6.07, 6.45) is 1.86. The first-order valence-electron chi connectivity index (χ1n) is 9.20. The second-order valence-electron chi connectivity index (χ2n) is 7.06. The maximum Gasteiger partial charge on any atom is 0.328 e. The molecule has 0 aliphatic carbocycles. The van der Waals surface area contributed by atoms with E-state index in [2.05, 4.69) is 0 Å². The Morgan fingerprint density at radius 2 is 1.76 bits per heavy atom. The number of furan rings is 1. The highest BCUT2D eigenvalue weighted by atomic mass is 19.1. The molecule has 0 bridgehead atoms. The molecule has 4 rings (SSSR count). The minimum absolute atomic E-state index is 0.0333. The van der Waals surface area contributed by atoms with E-state index in [9.17, 15) is 23.9 Å². The number of carboxylic acids is 1. The van der Waals surface area contributed by atoms with Gasteiger partial charge >= 0.3 is 5.97 Å². The van der Waals surface area contributed by atoms with Crippen molar-refractivity contribution in [3.8, 4) is 0 Å². The molecule has 9 heteroatoms. The van der Waals surface area contributed by atoms with Crippen molar-refractivity contribution in [2.45, 2.75) is 24.6 Å². The molecule has 1 aromatic carbocycles. The minimum Gasteiger partial charge on any atom is -0.480 e. The lowest BCUT2D eigenvalue weighted by atomic mass is 9.96. The molecule has 2 aliphatic heterocycles. The van der Waals surface area contributed by atoms with Gasteiger partial charge in [-0.2, -0.15) is 0 Å². The van der Waals surface area contributed by atoms with E-state index in [1.807, 2.05) is 0 Å². The summed E-state index contributed by atoms with van der Waals surface area (Å²) in [4.78, 5) is 40.1. The number of likely N-dealkylation sites (tertiary alicyclic amines) is 1. The minimum atomic E-state index is -1.16. The molecule has 1 aromatic heterocycles. The number of aliphatic carboxylic acids is 1. The monoisotopic (exact) mass is 402 g/mol. The number of piperidine rings is 1. The average Bonchev–Trinajstić information content (AvgIpc) is 3.37. The number of benzene rings is 1. The third-order valence-corrected chi connectivity index (χ3v) is 5.42. The fourth-order valence-corrected chi connectivity index (χ4v) is 3.91. The van der Waals surface area contributed by atoms with E-state index in [-0.39, 0.29) is 44.2 Å². The molecule has 2 amide bonds. The van der Waals surface area contributed by atoms with E-state index in [0.717, 1.165) is 0 Å². The number of amides is 2. The van der Waals surface area contributed by atoms with Crippen molar-refractivity contribution in [2.75, 3.05) is 19.7 Å². The number of hydrogen-bond donors (Lipinski definition) is 1. The summed E-state index contributed by atoms with van der Waals surface area (Å²) in [6.45, 7) is 0.405. The molecular formula is C20H19FN2O6. The van der Waals surface area contributed by atoms with Gasteiger partial charge in [-0.1, -0.05) is 0 Å². The number of nitrogens with zero attached hydrogens (tertiary/aromatic N) is 2. The molecule has 2 aliphatic rings. The topological polar surface area (TPSA) is 100 Å². The maximum absolute atomic E-state index is 13.1. The van der Waals surface area contributed by atoms with Crippen molar-refractivity contribution < 1.29 is 33.0 Å². The molecule has 2 saturated heterocycles. The lowest BCUT2D eigenvalue weighted by molar-refractivity contribution is -0.143. The molecule has 2 fully saturated rings. The Bertz CT molecular complexity index is 919. The highest BCUT2D eigenvalue weighted by molar-refractivity contribution is 5.96. The van der Waals surface area contributed by atoms with Crippen LogP contribution in [0.25, 0.3) is 0 Å². The zero-order valence-corrected chi connectivity index (χ0v) is 15.4. The van der Waals surface area contributed by atoms with Gasteiger partial charge in [-0.05, 0) is 36.4 Å². The molecule has 0 radical (unpaired) electrons. The normalized spacial score (nSPS) is 20.8. The van der Waals surface area contributed by atoms with E-state index in [4.69, 9.17) is 9.15 Å². The molecule has 3 heterocycles. The van der Waals surface area contributed by atoms with E-state index in [1.165, 1.54) is 41.5 Å². The van der Waals surface area contributed by atoms with Gasteiger partial charge in [0.1, 0.15) is 11.5 Å². The Kier molecular flexibility index (Phi) is 4.83. The second-order valence-corrected chi connectivity index (χ2v) is 7.06. The number of halogens is 1. The van der Waals surface area contributed by atoms with Crippen molar-refractivity contribution in [3.63, 3.8) is 0 Å². The summed E-state index contributed by atoms with van der Waals surface area (Å²) >= 11 is 0. The zero-order valence-electron chi connectivity index (χ0n) is 15.4. The lowest BCUT2D eigenvalue weighted by Crippen LogP contribution is -2.58. The largest absolute Gasteiger partial charge is 0.480 e. The van der Waals surface area contributed by atoms with Crippen LogP contribution in [0, 0.1) is 5.82 Å². The molecule has 1 atom stereocenters. The molecule has 0 saturated carbocycles. The van der Waals surface area contributed by atoms with Gasteiger partial charge in [-0.25, -0.2) is 9.18 Å². The van der Waals surface area contributed by atoms with Crippen molar-refractivity contribution in [1.29, 1.82) is 0 Å². The SMILES string of the molecule is O=C(O)[C@@H]1COC2(CCN(C(=O)c3ccc(F)cc3)CC2)N1C(=O)c1ccco1. The van der Waals surface area contributed by atoms with Crippen LogP contribution < -0.4 is 0 Å². The van der Waals surface area contributed by atoms with Crippen LogP contribution in [0.5, 0.6) is 0 Å². The molecule has 0 unspecified atom stereocenters. The van der Waals surface area contributed by atoms with Gasteiger partial charge in [0.2, 0.25) is 0 Å². The van der Waals surface area contributed by atoms with Crippen LogP contribution in [-0.2, 0) is 9.53 Å². The Labute approximate surface area is 165 Å². The summed E-state index contributed by atoms with van der Waals surface area (Å²) < 4.78 is 24.1. The number of carboxylic acid groups (broad SMARTS) is 1. The number of carbonyl (C=O) groups excluding carboxylic acids is 2. The smallest absolute Gasteiger partial charge is 0.328 e. The average molecular weight is 402 g/mol. The third kappa shape index (κ3) is 3.38. The predicted molar refractivity (Wildman–Crippen MR) is 96.5 cm³/mol. The Balaban J connectivity index is 1.53. The summed E-state index contributed by atoms with van der Waals surface area (Å²) in [5.41, 5.74) is -0.756. The Morgan fingerprint density at radius 3 is 2.34 bits per heavy atom. The fourth-order valence-electron chi connectivity index (χ4n) is 3.91. The van der Waals surface area contributed by atoms with Crippen LogP contribution in [0.4, 0.5) is 4.39 Å². The van der Waals surface area contributed by atoms with Crippen LogP contribution in [0.2, 0.25) is 0 Å². The quantitative estimate of drug-likeness (QED) is 0.843. The van der Waals surface area contributed by atoms with E-state index in [1.54, 1.807) is 11.0 Å². The van der Waals surface area contributed by atoms with Crippen molar-refractivity contribution in [2.24, 2.45) is 0 Å². The molecule has 2 aromatic rings. The molecule has 152 valence electrons. The Hall–Kier alpha value is -3.20. The van der Waals surface area contributed by atoms with Crippen LogP contribution in [0.15, 0.2) is 47.1 Å². The molecular weight excluding hydrogens is 383 g/mol. The lowest BCUT2D eigenvalue weighted by Gasteiger charge is -2.43. The number of carbonyl (C=O) groups is 3. The molecule has 1 N–H and O–H groups in total. The number of rotatable bonds is 3. The summed E-state index contributed by atoms with van der Waals surface area (Å²) in [6, 6.07) is 7.17. The van der Waals surface area contributed by atoms with E-state index in [0.29, 0.717) is 5.56 Å². The van der Waals surface area contributed by atoms with Gasteiger partial charge < -0.3 is 19.2 Å². The predicted octanol–water partition coefficient (Wildman–Crippen LogP) is 1.98. The Morgan fingerprint density at radius 1 is 1.07 bits per heavy atom. The van der Waals surface area contributed by atoms with E-state index >= 15 is 0 Å². The van der Waals surface area contributed by atoms with Gasteiger partial charge in [0.15, 0.2) is 11.8 Å². The van der Waals surface area contributed by atoms with Gasteiger partial charge in [-0.3, -0.25) is 14.5 Å². The molecule has 1 spiro atoms. The third-order valence-electron chi connectivity index (χ3n) is 5.42. The van der Waals surface area contributed by atoms with E-state index < -0.39 is 29.5 Å². The maximum atomic E-state index is 13.1. The van der Waals surface area contributed by atoms with Gasteiger partial charge in [-0.15, -0.1) is 0 Å². The number of hydrogen-bond acceptors (Lipinski definition) is 5. The van der Waals surface area contributed by atoms with Crippen LogP contribution >= 0.6 is 0 Å². The highest BCUT2D eigenvalue weighted by Gasteiger charge is 2.54. The fraction of sp³-hybridized carbons (Fsp3) is 0.350. The molecule has 8 nitrogen and oxygen atoms in total. The summed E-state index contributed by atoms with van der Waals surface area (Å²) in [7, 11) is 0. The summed E-state index contributed by atoms with van der Waals surface area (Å²) in [5.74, 6) is -2.36. The van der Waals surface area contributed by atoms with Crippen molar-refractivity contribution in [1.82, 2.24) is 9.80 Å².